The lowest BCUT2D eigenvalue weighted by molar-refractivity contribution is -0.135. The second-order valence-electron chi connectivity index (χ2n) is 5.45. The maximum atomic E-state index is 11.8. The van der Waals surface area contributed by atoms with Crippen molar-refractivity contribution in [2.24, 2.45) is 5.73 Å². The largest absolute Gasteiger partial charge is 0.365 e. The number of nitrogens with one attached hydrogen (secondary N) is 1. The molecule has 1 amide bonds. The SMILES string of the molecule is CC(N)CCNC(=O)C(C)OC1CCCCCC1. The van der Waals surface area contributed by atoms with Gasteiger partial charge < -0.3 is 15.8 Å². The maximum Gasteiger partial charge on any atom is 0.248 e. The third-order valence-corrected chi connectivity index (χ3v) is 3.47. The fourth-order valence-electron chi connectivity index (χ4n) is 2.30. The summed E-state index contributed by atoms with van der Waals surface area (Å²) in [6.07, 6.45) is 7.97. The summed E-state index contributed by atoms with van der Waals surface area (Å²) < 4.78 is 5.85. The molecule has 2 atom stereocenters. The van der Waals surface area contributed by atoms with Crippen molar-refractivity contribution in [3.05, 3.63) is 0 Å². The molecule has 0 heterocycles. The van der Waals surface area contributed by atoms with E-state index in [1.54, 1.807) is 0 Å². The molecule has 1 aliphatic rings. The van der Waals surface area contributed by atoms with E-state index in [1.165, 1.54) is 25.7 Å². The molecule has 0 radical (unpaired) electrons. The molecule has 2 unspecified atom stereocenters. The van der Waals surface area contributed by atoms with Crippen LogP contribution in [0, 0.1) is 0 Å². The monoisotopic (exact) mass is 256 g/mol. The van der Waals surface area contributed by atoms with E-state index in [-0.39, 0.29) is 24.2 Å². The molecule has 0 bridgehead atoms. The minimum atomic E-state index is -0.346. The third kappa shape index (κ3) is 6.36. The average Bonchev–Trinajstić information content (AvgIpc) is 2.57. The lowest BCUT2D eigenvalue weighted by Crippen LogP contribution is -2.38. The topological polar surface area (TPSA) is 64.3 Å². The van der Waals surface area contributed by atoms with Crippen LogP contribution in [0.2, 0.25) is 0 Å². The number of carbonyl (C=O) groups is 1. The molecule has 0 aromatic carbocycles. The minimum absolute atomic E-state index is 0.0140. The predicted molar refractivity (Wildman–Crippen MR) is 73.3 cm³/mol. The van der Waals surface area contributed by atoms with E-state index in [9.17, 15) is 4.79 Å². The summed E-state index contributed by atoms with van der Waals surface area (Å²) in [6, 6.07) is 0.128. The van der Waals surface area contributed by atoms with E-state index in [2.05, 4.69) is 5.32 Å². The van der Waals surface area contributed by atoms with Gasteiger partial charge in [0.2, 0.25) is 5.91 Å². The highest BCUT2D eigenvalue weighted by molar-refractivity contribution is 5.80. The van der Waals surface area contributed by atoms with E-state index >= 15 is 0 Å². The summed E-state index contributed by atoms with van der Waals surface area (Å²) in [6.45, 7) is 4.42. The Morgan fingerprint density at radius 1 is 1.28 bits per heavy atom. The van der Waals surface area contributed by atoms with E-state index < -0.39 is 0 Å². The van der Waals surface area contributed by atoms with Crippen LogP contribution in [-0.2, 0) is 9.53 Å². The summed E-state index contributed by atoms with van der Waals surface area (Å²) >= 11 is 0. The Bertz CT molecular complexity index is 236. The average molecular weight is 256 g/mol. The molecule has 1 rings (SSSR count). The van der Waals surface area contributed by atoms with E-state index in [4.69, 9.17) is 10.5 Å². The summed E-state index contributed by atoms with van der Waals surface area (Å²) in [5, 5.41) is 2.88. The molecule has 106 valence electrons. The van der Waals surface area contributed by atoms with Crippen LogP contribution in [0.1, 0.15) is 58.8 Å². The summed E-state index contributed by atoms with van der Waals surface area (Å²) in [5.41, 5.74) is 5.64. The highest BCUT2D eigenvalue weighted by Crippen LogP contribution is 2.20. The number of nitrogens with two attached hydrogens (primary N) is 1. The zero-order valence-electron chi connectivity index (χ0n) is 11.8. The van der Waals surface area contributed by atoms with Crippen LogP contribution in [0.25, 0.3) is 0 Å². The van der Waals surface area contributed by atoms with Crippen molar-refractivity contribution in [3.8, 4) is 0 Å². The Hall–Kier alpha value is -0.610. The van der Waals surface area contributed by atoms with Gasteiger partial charge >= 0.3 is 0 Å². The highest BCUT2D eigenvalue weighted by atomic mass is 16.5. The van der Waals surface area contributed by atoms with E-state index in [0.717, 1.165) is 19.3 Å². The fourth-order valence-corrected chi connectivity index (χ4v) is 2.30. The van der Waals surface area contributed by atoms with Gasteiger partial charge in [-0.05, 0) is 33.1 Å². The van der Waals surface area contributed by atoms with Crippen molar-refractivity contribution < 1.29 is 9.53 Å². The quantitative estimate of drug-likeness (QED) is 0.714. The molecule has 3 N–H and O–H groups in total. The molecule has 1 fully saturated rings. The molecule has 1 saturated carbocycles. The van der Waals surface area contributed by atoms with Crippen LogP contribution in [0.5, 0.6) is 0 Å². The first-order valence-electron chi connectivity index (χ1n) is 7.28. The molecule has 0 aliphatic heterocycles. The molecule has 4 nitrogen and oxygen atoms in total. The van der Waals surface area contributed by atoms with Crippen molar-refractivity contribution in [2.75, 3.05) is 6.54 Å². The van der Waals surface area contributed by atoms with Gasteiger partial charge in [-0.2, -0.15) is 0 Å². The summed E-state index contributed by atoms with van der Waals surface area (Å²) in [5.74, 6) is -0.0140. The van der Waals surface area contributed by atoms with Crippen LogP contribution in [0.3, 0.4) is 0 Å². The number of carbonyl (C=O) groups excluding carboxylic acids is 1. The molecule has 4 heteroatoms. The normalized spacial score (nSPS) is 21.1. The van der Waals surface area contributed by atoms with Crippen molar-refractivity contribution in [3.63, 3.8) is 0 Å². The van der Waals surface area contributed by atoms with Crippen LogP contribution in [0.15, 0.2) is 0 Å². The van der Waals surface area contributed by atoms with E-state index in [1.807, 2.05) is 13.8 Å². The minimum Gasteiger partial charge on any atom is -0.365 e. The van der Waals surface area contributed by atoms with E-state index in [0.29, 0.717) is 6.54 Å². The molecule has 0 spiro atoms. The summed E-state index contributed by atoms with van der Waals surface area (Å²) in [7, 11) is 0. The molecule has 0 aromatic heterocycles. The maximum absolute atomic E-state index is 11.8. The molecule has 0 aromatic rings. The lowest BCUT2D eigenvalue weighted by atomic mass is 10.1. The van der Waals surface area contributed by atoms with Crippen LogP contribution < -0.4 is 11.1 Å². The van der Waals surface area contributed by atoms with Crippen molar-refractivity contribution in [2.45, 2.75) is 77.0 Å². The first-order valence-corrected chi connectivity index (χ1v) is 7.28. The Balaban J connectivity index is 2.21. The summed E-state index contributed by atoms with van der Waals surface area (Å²) in [4.78, 5) is 11.8. The smallest absolute Gasteiger partial charge is 0.248 e. The van der Waals surface area contributed by atoms with Crippen molar-refractivity contribution in [1.29, 1.82) is 0 Å². The number of hydrogen-bond acceptors (Lipinski definition) is 3. The number of ether oxygens (including phenoxy) is 1. The molecule has 0 saturated heterocycles. The Morgan fingerprint density at radius 3 is 2.44 bits per heavy atom. The number of hydrogen-bond donors (Lipinski definition) is 2. The Labute approximate surface area is 111 Å². The molecular weight excluding hydrogens is 228 g/mol. The second-order valence-corrected chi connectivity index (χ2v) is 5.45. The predicted octanol–water partition coefficient (Wildman–Crippen LogP) is 1.97. The zero-order valence-corrected chi connectivity index (χ0v) is 11.8. The Morgan fingerprint density at radius 2 is 1.89 bits per heavy atom. The zero-order chi connectivity index (χ0) is 13.4. The van der Waals surface area contributed by atoms with Crippen molar-refractivity contribution >= 4 is 5.91 Å². The van der Waals surface area contributed by atoms with Gasteiger partial charge in [0.15, 0.2) is 0 Å². The van der Waals surface area contributed by atoms with Gasteiger partial charge in [0, 0.05) is 12.6 Å². The Kier molecular flexibility index (Phi) is 7.28. The molecule has 1 aliphatic carbocycles. The fraction of sp³-hybridized carbons (Fsp3) is 0.929. The molecular formula is C14H28N2O2. The number of rotatable bonds is 6. The van der Waals surface area contributed by atoms with Gasteiger partial charge in [-0.15, -0.1) is 0 Å². The first-order chi connectivity index (χ1) is 8.59. The van der Waals surface area contributed by atoms with Gasteiger partial charge in [-0.3, -0.25) is 4.79 Å². The standard InChI is InChI=1S/C14H28N2O2/c1-11(15)9-10-16-14(17)12(2)18-13-7-5-3-4-6-8-13/h11-13H,3-10,15H2,1-2H3,(H,16,17). The van der Waals surface area contributed by atoms with Gasteiger partial charge in [-0.25, -0.2) is 0 Å². The second kappa shape index (κ2) is 8.48. The first kappa shape index (κ1) is 15.4. The third-order valence-electron chi connectivity index (χ3n) is 3.47. The van der Waals surface area contributed by atoms with Crippen molar-refractivity contribution in [1.82, 2.24) is 5.32 Å². The van der Waals surface area contributed by atoms with Crippen LogP contribution >= 0.6 is 0 Å². The lowest BCUT2D eigenvalue weighted by Gasteiger charge is -2.20. The van der Waals surface area contributed by atoms with Crippen LogP contribution in [-0.4, -0.2) is 30.7 Å². The molecule has 18 heavy (non-hydrogen) atoms. The van der Waals surface area contributed by atoms with Crippen LogP contribution in [0.4, 0.5) is 0 Å². The number of amides is 1. The van der Waals surface area contributed by atoms with Gasteiger partial charge in [0.05, 0.1) is 6.10 Å². The highest BCUT2D eigenvalue weighted by Gasteiger charge is 2.20. The van der Waals surface area contributed by atoms with Gasteiger partial charge in [-0.1, -0.05) is 25.7 Å². The van der Waals surface area contributed by atoms with Gasteiger partial charge in [0.1, 0.15) is 6.10 Å². The van der Waals surface area contributed by atoms with Gasteiger partial charge in [0.25, 0.3) is 0 Å².